The van der Waals surface area contributed by atoms with Crippen LogP contribution in [0.1, 0.15) is 18.1 Å². The predicted molar refractivity (Wildman–Crippen MR) is 86.1 cm³/mol. The minimum atomic E-state index is -0.0653. The highest BCUT2D eigenvalue weighted by atomic mass is 35.5. The van der Waals surface area contributed by atoms with Crippen LogP contribution in [0, 0.1) is 6.92 Å². The Labute approximate surface area is 129 Å². The molecule has 3 nitrogen and oxygen atoms in total. The quantitative estimate of drug-likeness (QED) is 0.897. The van der Waals surface area contributed by atoms with Crippen molar-refractivity contribution in [2.24, 2.45) is 0 Å². The molecule has 0 saturated heterocycles. The SMILES string of the molecule is CCOc1ccc(CC(=O)Nc2cc(Cl)ccc2C)cc1. The van der Waals surface area contributed by atoms with Gasteiger partial charge in [0.05, 0.1) is 13.0 Å². The number of anilines is 1. The molecule has 0 aliphatic rings. The van der Waals surface area contributed by atoms with Crippen molar-refractivity contribution in [1.29, 1.82) is 0 Å². The summed E-state index contributed by atoms with van der Waals surface area (Å²) in [6.07, 6.45) is 0.318. The van der Waals surface area contributed by atoms with Gasteiger partial charge >= 0.3 is 0 Å². The fourth-order valence-corrected chi connectivity index (χ4v) is 2.15. The first-order chi connectivity index (χ1) is 10.1. The van der Waals surface area contributed by atoms with Gasteiger partial charge in [0.2, 0.25) is 5.91 Å². The van der Waals surface area contributed by atoms with E-state index in [-0.39, 0.29) is 5.91 Å². The monoisotopic (exact) mass is 303 g/mol. The van der Waals surface area contributed by atoms with E-state index in [2.05, 4.69) is 5.32 Å². The second kappa shape index (κ2) is 7.14. The van der Waals surface area contributed by atoms with Crippen LogP contribution in [0.15, 0.2) is 42.5 Å². The fraction of sp³-hybridized carbons (Fsp3) is 0.235. The Morgan fingerprint density at radius 2 is 1.90 bits per heavy atom. The summed E-state index contributed by atoms with van der Waals surface area (Å²) in [5, 5.41) is 3.49. The van der Waals surface area contributed by atoms with Crippen LogP contribution >= 0.6 is 11.6 Å². The Kier molecular flexibility index (Phi) is 5.23. The number of rotatable bonds is 5. The molecule has 0 atom stereocenters. The van der Waals surface area contributed by atoms with Crippen molar-refractivity contribution in [2.45, 2.75) is 20.3 Å². The van der Waals surface area contributed by atoms with Gasteiger partial charge in [-0.2, -0.15) is 0 Å². The molecule has 0 saturated carbocycles. The van der Waals surface area contributed by atoms with Crippen molar-refractivity contribution in [3.05, 3.63) is 58.6 Å². The summed E-state index contributed by atoms with van der Waals surface area (Å²) < 4.78 is 5.38. The third-order valence-corrected chi connectivity index (χ3v) is 3.31. The van der Waals surface area contributed by atoms with Gasteiger partial charge in [-0.3, -0.25) is 4.79 Å². The maximum Gasteiger partial charge on any atom is 0.228 e. The molecule has 21 heavy (non-hydrogen) atoms. The minimum absolute atomic E-state index is 0.0653. The maximum absolute atomic E-state index is 12.1. The molecule has 0 spiro atoms. The third kappa shape index (κ3) is 4.50. The second-order valence-corrected chi connectivity index (χ2v) is 5.20. The predicted octanol–water partition coefficient (Wildman–Crippen LogP) is 4.23. The number of aryl methyl sites for hydroxylation is 1. The van der Waals surface area contributed by atoms with Crippen LogP contribution in [0.2, 0.25) is 5.02 Å². The maximum atomic E-state index is 12.1. The Bertz CT molecular complexity index is 623. The molecule has 0 radical (unpaired) electrons. The summed E-state index contributed by atoms with van der Waals surface area (Å²) in [5.74, 6) is 0.747. The van der Waals surface area contributed by atoms with Gasteiger partial charge in [0.25, 0.3) is 0 Å². The molecule has 4 heteroatoms. The molecule has 0 aliphatic heterocycles. The number of halogens is 1. The van der Waals surface area contributed by atoms with Gasteiger partial charge in [0, 0.05) is 10.7 Å². The summed E-state index contributed by atoms with van der Waals surface area (Å²) >= 11 is 5.94. The smallest absolute Gasteiger partial charge is 0.228 e. The number of carbonyl (C=O) groups is 1. The number of amides is 1. The van der Waals surface area contributed by atoms with Crippen molar-refractivity contribution in [2.75, 3.05) is 11.9 Å². The molecule has 0 fully saturated rings. The molecule has 1 N–H and O–H groups in total. The van der Waals surface area contributed by atoms with E-state index in [0.29, 0.717) is 18.1 Å². The van der Waals surface area contributed by atoms with E-state index < -0.39 is 0 Å². The van der Waals surface area contributed by atoms with E-state index in [9.17, 15) is 4.79 Å². The summed E-state index contributed by atoms with van der Waals surface area (Å²) in [4.78, 5) is 12.1. The lowest BCUT2D eigenvalue weighted by atomic mass is 10.1. The topological polar surface area (TPSA) is 38.3 Å². The number of hydrogen-bond donors (Lipinski definition) is 1. The van der Waals surface area contributed by atoms with Gasteiger partial charge in [-0.1, -0.05) is 29.8 Å². The number of carbonyl (C=O) groups excluding carboxylic acids is 1. The Morgan fingerprint density at radius 1 is 1.19 bits per heavy atom. The van der Waals surface area contributed by atoms with E-state index in [1.54, 1.807) is 12.1 Å². The van der Waals surface area contributed by atoms with Gasteiger partial charge in [-0.05, 0) is 49.2 Å². The van der Waals surface area contributed by atoms with Gasteiger partial charge in [-0.15, -0.1) is 0 Å². The Balaban J connectivity index is 1.99. The van der Waals surface area contributed by atoms with Crippen LogP contribution in [-0.4, -0.2) is 12.5 Å². The number of ether oxygens (including phenoxy) is 1. The molecule has 0 aromatic heterocycles. The van der Waals surface area contributed by atoms with Gasteiger partial charge in [-0.25, -0.2) is 0 Å². The van der Waals surface area contributed by atoms with Crippen molar-refractivity contribution in [3.8, 4) is 5.75 Å². The first-order valence-corrected chi connectivity index (χ1v) is 7.24. The summed E-state index contributed by atoms with van der Waals surface area (Å²) in [5.41, 5.74) is 2.67. The van der Waals surface area contributed by atoms with Gasteiger partial charge in [0.1, 0.15) is 5.75 Å². The molecule has 110 valence electrons. The van der Waals surface area contributed by atoms with Gasteiger partial charge < -0.3 is 10.1 Å². The van der Waals surface area contributed by atoms with Crippen LogP contribution in [0.3, 0.4) is 0 Å². The average molecular weight is 304 g/mol. The van der Waals surface area contributed by atoms with Crippen molar-refractivity contribution in [3.63, 3.8) is 0 Å². The molecule has 0 aliphatic carbocycles. The first kappa shape index (κ1) is 15.4. The van der Waals surface area contributed by atoms with Gasteiger partial charge in [0.15, 0.2) is 0 Å². The van der Waals surface area contributed by atoms with Crippen molar-refractivity contribution >= 4 is 23.2 Å². The molecule has 0 unspecified atom stereocenters. The zero-order chi connectivity index (χ0) is 15.2. The van der Waals surface area contributed by atoms with Crippen LogP contribution in [0.4, 0.5) is 5.69 Å². The van der Waals surface area contributed by atoms with E-state index in [0.717, 1.165) is 22.6 Å². The van der Waals surface area contributed by atoms with E-state index in [1.165, 1.54) is 0 Å². The third-order valence-electron chi connectivity index (χ3n) is 3.07. The highest BCUT2D eigenvalue weighted by Gasteiger charge is 2.07. The zero-order valence-corrected chi connectivity index (χ0v) is 12.9. The molecule has 2 aromatic carbocycles. The summed E-state index contributed by atoms with van der Waals surface area (Å²) in [7, 11) is 0. The number of benzene rings is 2. The largest absolute Gasteiger partial charge is 0.494 e. The standard InChI is InChI=1S/C17H18ClNO2/c1-3-21-15-8-5-13(6-9-15)10-17(20)19-16-11-14(18)7-4-12(16)2/h4-9,11H,3,10H2,1-2H3,(H,19,20). The lowest BCUT2D eigenvalue weighted by Crippen LogP contribution is -2.15. The summed E-state index contributed by atoms with van der Waals surface area (Å²) in [6, 6.07) is 13.0. The molecule has 2 rings (SSSR count). The second-order valence-electron chi connectivity index (χ2n) is 4.76. The zero-order valence-electron chi connectivity index (χ0n) is 12.2. The number of nitrogens with one attached hydrogen (secondary N) is 1. The first-order valence-electron chi connectivity index (χ1n) is 6.86. The average Bonchev–Trinajstić information content (AvgIpc) is 2.45. The summed E-state index contributed by atoms with van der Waals surface area (Å²) in [6.45, 7) is 4.51. The Hall–Kier alpha value is -2.00. The van der Waals surface area contributed by atoms with Crippen molar-refractivity contribution in [1.82, 2.24) is 0 Å². The van der Waals surface area contributed by atoms with Crippen molar-refractivity contribution < 1.29 is 9.53 Å². The normalized spacial score (nSPS) is 10.2. The molecular formula is C17H18ClNO2. The molecular weight excluding hydrogens is 286 g/mol. The lowest BCUT2D eigenvalue weighted by Gasteiger charge is -2.09. The lowest BCUT2D eigenvalue weighted by molar-refractivity contribution is -0.115. The van der Waals surface area contributed by atoms with E-state index in [4.69, 9.17) is 16.3 Å². The number of hydrogen-bond acceptors (Lipinski definition) is 2. The highest BCUT2D eigenvalue weighted by Crippen LogP contribution is 2.20. The van der Waals surface area contributed by atoms with Crippen LogP contribution in [0.25, 0.3) is 0 Å². The molecule has 1 amide bonds. The molecule has 0 heterocycles. The van der Waals surface area contributed by atoms with E-state index in [1.807, 2.05) is 44.2 Å². The minimum Gasteiger partial charge on any atom is -0.494 e. The van der Waals surface area contributed by atoms with E-state index >= 15 is 0 Å². The highest BCUT2D eigenvalue weighted by molar-refractivity contribution is 6.31. The van der Waals surface area contributed by atoms with Crippen LogP contribution in [-0.2, 0) is 11.2 Å². The fourth-order valence-electron chi connectivity index (χ4n) is 1.98. The Morgan fingerprint density at radius 3 is 2.57 bits per heavy atom. The van der Waals surface area contributed by atoms with Crippen LogP contribution < -0.4 is 10.1 Å². The molecule has 0 bridgehead atoms. The van der Waals surface area contributed by atoms with Crippen LogP contribution in [0.5, 0.6) is 5.75 Å². The molecule has 2 aromatic rings.